The Balaban J connectivity index is 1.56. The summed E-state index contributed by atoms with van der Waals surface area (Å²) in [6.45, 7) is 6.36. The molecule has 2 amide bonds. The lowest BCUT2D eigenvalue weighted by Gasteiger charge is -2.30. The highest BCUT2D eigenvalue weighted by Gasteiger charge is 2.26. The fourth-order valence-corrected chi connectivity index (χ4v) is 3.91. The lowest BCUT2D eigenvalue weighted by molar-refractivity contribution is -0.133. The van der Waals surface area contributed by atoms with Crippen molar-refractivity contribution in [1.29, 1.82) is 0 Å². The summed E-state index contributed by atoms with van der Waals surface area (Å²) in [7, 11) is 1.55. The minimum absolute atomic E-state index is 0.0715. The van der Waals surface area contributed by atoms with Crippen LogP contribution in [0.4, 0.5) is 0 Å². The van der Waals surface area contributed by atoms with E-state index in [1.54, 1.807) is 41.2 Å². The van der Waals surface area contributed by atoms with Gasteiger partial charge in [0, 0.05) is 18.2 Å². The number of aryl methyl sites for hydroxylation is 1. The van der Waals surface area contributed by atoms with Crippen LogP contribution in [0.3, 0.4) is 0 Å². The van der Waals surface area contributed by atoms with Crippen LogP contribution in [-0.2, 0) is 17.9 Å². The molecule has 2 aromatic carbocycles. The fourth-order valence-electron chi connectivity index (χ4n) is 3.91. The highest BCUT2D eigenvalue weighted by Crippen LogP contribution is 2.33. The van der Waals surface area contributed by atoms with Gasteiger partial charge in [-0.25, -0.2) is 0 Å². The molecule has 2 heterocycles. The molecule has 0 saturated heterocycles. The van der Waals surface area contributed by atoms with Gasteiger partial charge in [0.05, 0.1) is 13.7 Å². The van der Waals surface area contributed by atoms with E-state index in [2.05, 4.69) is 0 Å². The molecule has 0 N–H and O–H groups in total. The van der Waals surface area contributed by atoms with Crippen LogP contribution in [0.15, 0.2) is 59.0 Å². The molecule has 1 aliphatic rings. The predicted octanol–water partition coefficient (Wildman–Crippen LogP) is 4.40. The zero-order valence-corrected chi connectivity index (χ0v) is 20.4. The second-order valence-corrected chi connectivity index (χ2v) is 8.71. The maximum absolute atomic E-state index is 13.6. The van der Waals surface area contributed by atoms with E-state index in [9.17, 15) is 9.59 Å². The first-order valence-electron chi connectivity index (χ1n) is 11.5. The molecule has 0 saturated carbocycles. The number of amides is 2. The SMILES string of the molecule is COc1cccc(C(=O)N(CC(=O)N(Cc2ccc3c(c2)OCO3)Cc2ccc(C)o2)C(C)C)c1. The summed E-state index contributed by atoms with van der Waals surface area (Å²) >= 11 is 0. The van der Waals surface area contributed by atoms with Gasteiger partial charge in [-0.2, -0.15) is 0 Å². The van der Waals surface area contributed by atoms with Crippen molar-refractivity contribution >= 4 is 11.8 Å². The van der Waals surface area contributed by atoms with Crippen LogP contribution in [0.1, 0.15) is 41.3 Å². The molecule has 35 heavy (non-hydrogen) atoms. The van der Waals surface area contributed by atoms with Crippen LogP contribution in [-0.4, -0.2) is 48.1 Å². The topological polar surface area (TPSA) is 81.5 Å². The van der Waals surface area contributed by atoms with Crippen molar-refractivity contribution in [3.05, 3.63) is 77.2 Å². The smallest absolute Gasteiger partial charge is 0.254 e. The zero-order valence-electron chi connectivity index (χ0n) is 20.4. The maximum atomic E-state index is 13.6. The third kappa shape index (κ3) is 5.77. The number of fused-ring (bicyclic) bond motifs is 1. The van der Waals surface area contributed by atoms with Crippen molar-refractivity contribution in [2.24, 2.45) is 0 Å². The van der Waals surface area contributed by atoms with Gasteiger partial charge in [-0.05, 0) is 68.8 Å². The average Bonchev–Trinajstić information content (AvgIpc) is 3.49. The molecule has 0 atom stereocenters. The summed E-state index contributed by atoms with van der Waals surface area (Å²) in [5.41, 5.74) is 1.36. The van der Waals surface area contributed by atoms with Crippen molar-refractivity contribution < 1.29 is 28.2 Å². The van der Waals surface area contributed by atoms with Crippen LogP contribution < -0.4 is 14.2 Å². The summed E-state index contributed by atoms with van der Waals surface area (Å²) in [6, 6.07) is 16.1. The minimum atomic E-state index is -0.232. The molecule has 0 fully saturated rings. The van der Waals surface area contributed by atoms with Crippen molar-refractivity contribution in [2.75, 3.05) is 20.4 Å². The van der Waals surface area contributed by atoms with Crippen LogP contribution in [0.25, 0.3) is 0 Å². The van der Waals surface area contributed by atoms with E-state index in [0.29, 0.717) is 35.1 Å². The van der Waals surface area contributed by atoms with Crippen molar-refractivity contribution in [1.82, 2.24) is 9.80 Å². The summed E-state index contributed by atoms with van der Waals surface area (Å²) < 4.78 is 21.9. The van der Waals surface area contributed by atoms with Gasteiger partial charge in [-0.3, -0.25) is 9.59 Å². The second kappa shape index (κ2) is 10.5. The van der Waals surface area contributed by atoms with Gasteiger partial charge in [0.1, 0.15) is 23.8 Å². The molecule has 184 valence electrons. The first-order valence-corrected chi connectivity index (χ1v) is 11.5. The Bertz CT molecular complexity index is 1200. The number of carbonyl (C=O) groups excluding carboxylic acids is 2. The first-order chi connectivity index (χ1) is 16.8. The number of methoxy groups -OCH3 is 1. The Morgan fingerprint density at radius 1 is 1.00 bits per heavy atom. The molecule has 1 aliphatic heterocycles. The molecule has 3 aromatic rings. The summed E-state index contributed by atoms with van der Waals surface area (Å²) in [4.78, 5) is 30.1. The summed E-state index contributed by atoms with van der Waals surface area (Å²) in [5.74, 6) is 2.94. The second-order valence-electron chi connectivity index (χ2n) is 8.71. The third-order valence-corrected chi connectivity index (χ3v) is 5.81. The van der Waals surface area contributed by atoms with Crippen LogP contribution >= 0.6 is 0 Å². The first kappa shape index (κ1) is 24.2. The van der Waals surface area contributed by atoms with Gasteiger partial charge >= 0.3 is 0 Å². The molecule has 0 radical (unpaired) electrons. The summed E-state index contributed by atoms with van der Waals surface area (Å²) in [6.07, 6.45) is 0. The Morgan fingerprint density at radius 2 is 1.80 bits per heavy atom. The van der Waals surface area contributed by atoms with Crippen molar-refractivity contribution in [3.8, 4) is 17.2 Å². The lowest BCUT2D eigenvalue weighted by Crippen LogP contribution is -2.45. The van der Waals surface area contributed by atoms with Gasteiger partial charge in [0.2, 0.25) is 12.7 Å². The molecule has 0 unspecified atom stereocenters. The Kier molecular flexibility index (Phi) is 7.29. The van der Waals surface area contributed by atoms with E-state index in [0.717, 1.165) is 11.3 Å². The zero-order chi connectivity index (χ0) is 24.9. The number of benzene rings is 2. The standard InChI is InChI=1S/C27H30N2O6/c1-18(2)29(27(31)21-6-5-7-22(13-21)32-4)16-26(30)28(15-23-10-8-19(3)35-23)14-20-9-11-24-25(12-20)34-17-33-24/h5-13,18H,14-17H2,1-4H3. The molecular formula is C27H30N2O6. The van der Waals surface area contributed by atoms with E-state index in [-0.39, 0.29) is 37.7 Å². The number of nitrogens with zero attached hydrogens (tertiary/aromatic N) is 2. The lowest BCUT2D eigenvalue weighted by atomic mass is 10.1. The van der Waals surface area contributed by atoms with Gasteiger partial charge in [0.15, 0.2) is 11.5 Å². The Labute approximate surface area is 205 Å². The number of furan rings is 1. The molecular weight excluding hydrogens is 448 g/mol. The molecule has 0 aliphatic carbocycles. The quantitative estimate of drug-likeness (QED) is 0.453. The number of rotatable bonds is 9. The predicted molar refractivity (Wildman–Crippen MR) is 129 cm³/mol. The van der Waals surface area contributed by atoms with Crippen molar-refractivity contribution in [2.45, 2.75) is 39.9 Å². The number of carbonyl (C=O) groups is 2. The average molecular weight is 479 g/mol. The molecule has 0 bridgehead atoms. The van der Waals surface area contributed by atoms with E-state index in [1.165, 1.54) is 0 Å². The van der Waals surface area contributed by atoms with E-state index in [1.807, 2.05) is 51.1 Å². The molecule has 8 nitrogen and oxygen atoms in total. The number of hydrogen-bond donors (Lipinski definition) is 0. The van der Waals surface area contributed by atoms with E-state index < -0.39 is 0 Å². The fraction of sp³-hybridized carbons (Fsp3) is 0.333. The third-order valence-electron chi connectivity index (χ3n) is 5.81. The minimum Gasteiger partial charge on any atom is -0.497 e. The maximum Gasteiger partial charge on any atom is 0.254 e. The van der Waals surface area contributed by atoms with E-state index >= 15 is 0 Å². The molecule has 8 heteroatoms. The summed E-state index contributed by atoms with van der Waals surface area (Å²) in [5, 5.41) is 0. The van der Waals surface area contributed by atoms with Gasteiger partial charge < -0.3 is 28.4 Å². The monoisotopic (exact) mass is 478 g/mol. The largest absolute Gasteiger partial charge is 0.497 e. The Hall–Kier alpha value is -3.94. The van der Waals surface area contributed by atoms with Crippen LogP contribution in [0.2, 0.25) is 0 Å². The number of ether oxygens (including phenoxy) is 3. The number of hydrogen-bond acceptors (Lipinski definition) is 6. The van der Waals surface area contributed by atoms with Crippen molar-refractivity contribution in [3.63, 3.8) is 0 Å². The normalized spacial score (nSPS) is 12.0. The van der Waals surface area contributed by atoms with E-state index in [4.69, 9.17) is 18.6 Å². The Morgan fingerprint density at radius 3 is 2.51 bits per heavy atom. The molecule has 0 spiro atoms. The molecule has 4 rings (SSSR count). The van der Waals surface area contributed by atoms with Gasteiger partial charge in [-0.15, -0.1) is 0 Å². The molecule has 1 aromatic heterocycles. The van der Waals surface area contributed by atoms with Crippen LogP contribution in [0, 0.1) is 6.92 Å². The highest BCUT2D eigenvalue weighted by molar-refractivity contribution is 5.97. The van der Waals surface area contributed by atoms with Gasteiger partial charge in [0.25, 0.3) is 5.91 Å². The van der Waals surface area contributed by atoms with Crippen LogP contribution in [0.5, 0.6) is 17.2 Å². The highest BCUT2D eigenvalue weighted by atomic mass is 16.7. The van der Waals surface area contributed by atoms with Gasteiger partial charge in [-0.1, -0.05) is 12.1 Å².